The summed E-state index contributed by atoms with van der Waals surface area (Å²) in [5, 5.41) is 7.93. The Bertz CT molecular complexity index is 1150. The van der Waals surface area contributed by atoms with Crippen molar-refractivity contribution in [3.63, 3.8) is 0 Å². The van der Waals surface area contributed by atoms with Gasteiger partial charge in [0.1, 0.15) is 0 Å². The van der Waals surface area contributed by atoms with Crippen LogP contribution >= 0.6 is 11.6 Å². The molecule has 4 N–H and O–H groups in total. The first-order valence-electron chi connectivity index (χ1n) is 11.7. The molecule has 2 fully saturated rings. The van der Waals surface area contributed by atoms with Crippen molar-refractivity contribution in [2.45, 2.75) is 37.6 Å². The summed E-state index contributed by atoms with van der Waals surface area (Å²) >= 11 is 6.57. The molecular formula is C24H30ClN7O. The standard InChI is InChI=1S/C24H30ClN7O/c25-18-5-4-6-19-20(18)17(15-32(19)22-21(26)28-9-10-29-22)23(33)30-16-24(7-2-1-3-8-24)31-13-11-27-12-14-31/h4-6,9-10,15,27H,1-3,7-8,11-14,16H2,(H2,26,28)(H,30,33). The van der Waals surface area contributed by atoms with Crippen LogP contribution in [0.15, 0.2) is 36.8 Å². The molecule has 1 saturated carbocycles. The van der Waals surface area contributed by atoms with Crippen molar-refractivity contribution < 1.29 is 4.79 Å². The molecule has 1 aliphatic carbocycles. The van der Waals surface area contributed by atoms with Crippen LogP contribution in [0.1, 0.15) is 42.5 Å². The summed E-state index contributed by atoms with van der Waals surface area (Å²) in [6.45, 7) is 4.67. The number of carbonyl (C=O) groups is 1. The Labute approximate surface area is 198 Å². The molecule has 0 radical (unpaired) electrons. The molecule has 0 unspecified atom stereocenters. The molecule has 9 heteroatoms. The highest BCUT2D eigenvalue weighted by atomic mass is 35.5. The lowest BCUT2D eigenvalue weighted by atomic mass is 9.79. The van der Waals surface area contributed by atoms with Crippen molar-refractivity contribution in [1.82, 2.24) is 30.1 Å². The monoisotopic (exact) mass is 467 g/mol. The van der Waals surface area contributed by atoms with Crippen molar-refractivity contribution in [2.24, 2.45) is 0 Å². The van der Waals surface area contributed by atoms with Crippen molar-refractivity contribution in [3.8, 4) is 5.82 Å². The van der Waals surface area contributed by atoms with E-state index < -0.39 is 0 Å². The molecule has 1 saturated heterocycles. The van der Waals surface area contributed by atoms with Gasteiger partial charge in [-0.15, -0.1) is 0 Å². The number of nitrogens with zero attached hydrogens (tertiary/aromatic N) is 4. The first kappa shape index (κ1) is 22.1. The highest BCUT2D eigenvalue weighted by Gasteiger charge is 2.38. The summed E-state index contributed by atoms with van der Waals surface area (Å²) in [5.74, 6) is 0.643. The quantitative estimate of drug-likeness (QED) is 0.533. The first-order chi connectivity index (χ1) is 16.1. The van der Waals surface area contributed by atoms with Gasteiger partial charge in [0.05, 0.1) is 16.1 Å². The number of benzene rings is 1. The number of carbonyl (C=O) groups excluding carboxylic acids is 1. The molecule has 1 amide bonds. The van der Waals surface area contributed by atoms with Crippen molar-refractivity contribution in [3.05, 3.63) is 47.4 Å². The molecule has 1 aliphatic heterocycles. The molecule has 1 aromatic carbocycles. The first-order valence-corrected chi connectivity index (χ1v) is 12.1. The lowest BCUT2D eigenvalue weighted by molar-refractivity contribution is 0.0379. The van der Waals surface area contributed by atoms with E-state index in [0.717, 1.165) is 44.5 Å². The van der Waals surface area contributed by atoms with Crippen molar-refractivity contribution in [1.29, 1.82) is 0 Å². The number of amides is 1. The maximum absolute atomic E-state index is 13.5. The normalized spacial score (nSPS) is 18.9. The Hall–Kier alpha value is -2.68. The number of fused-ring (bicyclic) bond motifs is 1. The number of aromatic nitrogens is 3. The predicted octanol–water partition coefficient (Wildman–Crippen LogP) is 2.99. The van der Waals surface area contributed by atoms with Gasteiger partial charge in [-0.1, -0.05) is 36.9 Å². The number of nitrogens with two attached hydrogens (primary N) is 1. The van der Waals surface area contributed by atoms with E-state index >= 15 is 0 Å². The third-order valence-electron chi connectivity index (χ3n) is 7.11. The minimum Gasteiger partial charge on any atom is -0.381 e. The maximum Gasteiger partial charge on any atom is 0.253 e. The predicted molar refractivity (Wildman–Crippen MR) is 131 cm³/mol. The fourth-order valence-corrected chi connectivity index (χ4v) is 5.68. The van der Waals surface area contributed by atoms with Crippen LogP contribution < -0.4 is 16.4 Å². The second kappa shape index (κ2) is 9.29. The minimum atomic E-state index is -0.130. The SMILES string of the molecule is Nc1nccnc1-n1cc(C(=O)NCC2(N3CCNCC3)CCCCC2)c2c(Cl)cccc21. The van der Waals surface area contributed by atoms with Gasteiger partial charge in [0.2, 0.25) is 0 Å². The topological polar surface area (TPSA) is 101 Å². The Morgan fingerprint density at radius 1 is 1.15 bits per heavy atom. The van der Waals surface area contributed by atoms with Crippen LogP contribution in [0.3, 0.4) is 0 Å². The Balaban J connectivity index is 1.46. The molecule has 2 aliphatic rings. The van der Waals surface area contributed by atoms with E-state index in [-0.39, 0.29) is 11.4 Å². The molecule has 0 atom stereocenters. The summed E-state index contributed by atoms with van der Waals surface area (Å²) in [6, 6.07) is 5.57. The molecular weight excluding hydrogens is 438 g/mol. The lowest BCUT2D eigenvalue weighted by Gasteiger charge is -2.48. The zero-order chi connectivity index (χ0) is 22.8. The molecule has 8 nitrogen and oxygen atoms in total. The summed E-state index contributed by atoms with van der Waals surface area (Å²) in [5.41, 5.74) is 7.40. The Morgan fingerprint density at radius 3 is 2.67 bits per heavy atom. The fourth-order valence-electron chi connectivity index (χ4n) is 5.41. The van der Waals surface area contributed by atoms with E-state index in [0.29, 0.717) is 34.2 Å². The summed E-state index contributed by atoms with van der Waals surface area (Å²) in [6.07, 6.45) is 10.8. The van der Waals surface area contributed by atoms with Gasteiger partial charge in [0.25, 0.3) is 5.91 Å². The van der Waals surface area contributed by atoms with E-state index in [9.17, 15) is 4.79 Å². The molecule has 0 spiro atoms. The van der Waals surface area contributed by atoms with Crippen LogP contribution in [-0.4, -0.2) is 63.6 Å². The minimum absolute atomic E-state index is 0.0213. The van der Waals surface area contributed by atoms with Gasteiger partial charge in [0, 0.05) is 62.2 Å². The van der Waals surface area contributed by atoms with Crippen molar-refractivity contribution in [2.75, 3.05) is 38.5 Å². The van der Waals surface area contributed by atoms with E-state index in [1.54, 1.807) is 29.2 Å². The smallest absolute Gasteiger partial charge is 0.253 e. The molecule has 3 heterocycles. The third-order valence-corrected chi connectivity index (χ3v) is 7.42. The summed E-state index contributed by atoms with van der Waals surface area (Å²) < 4.78 is 1.80. The number of nitrogen functional groups attached to an aromatic ring is 1. The molecule has 3 aromatic rings. The van der Waals surface area contributed by atoms with Gasteiger partial charge in [-0.3, -0.25) is 14.3 Å². The highest BCUT2D eigenvalue weighted by molar-refractivity contribution is 6.37. The van der Waals surface area contributed by atoms with Gasteiger partial charge in [-0.2, -0.15) is 0 Å². The van der Waals surface area contributed by atoms with Crippen LogP contribution in [-0.2, 0) is 0 Å². The van der Waals surface area contributed by atoms with E-state index in [1.165, 1.54) is 19.3 Å². The zero-order valence-electron chi connectivity index (χ0n) is 18.7. The second-order valence-corrected chi connectivity index (χ2v) is 9.42. The van der Waals surface area contributed by atoms with Crippen molar-refractivity contribution >= 4 is 34.2 Å². The van der Waals surface area contributed by atoms with Gasteiger partial charge in [0.15, 0.2) is 11.6 Å². The highest BCUT2D eigenvalue weighted by Crippen LogP contribution is 2.35. The van der Waals surface area contributed by atoms with Crippen LogP contribution in [0.2, 0.25) is 5.02 Å². The fraction of sp³-hybridized carbons (Fsp3) is 0.458. The average Bonchev–Trinajstić information content (AvgIpc) is 3.25. The number of anilines is 1. The molecule has 2 aromatic heterocycles. The molecule has 174 valence electrons. The molecule has 33 heavy (non-hydrogen) atoms. The molecule has 5 rings (SSSR count). The van der Waals surface area contributed by atoms with Crippen LogP contribution in [0.4, 0.5) is 5.82 Å². The maximum atomic E-state index is 13.5. The number of rotatable bonds is 5. The molecule has 0 bridgehead atoms. The number of halogens is 1. The second-order valence-electron chi connectivity index (χ2n) is 9.02. The Kier molecular flexibility index (Phi) is 6.23. The third kappa shape index (κ3) is 4.18. The number of piperazine rings is 1. The number of nitrogens with one attached hydrogen (secondary N) is 2. The lowest BCUT2D eigenvalue weighted by Crippen LogP contribution is -2.61. The van der Waals surface area contributed by atoms with Gasteiger partial charge in [-0.05, 0) is 25.0 Å². The van der Waals surface area contributed by atoms with Gasteiger partial charge in [-0.25, -0.2) is 9.97 Å². The van der Waals surface area contributed by atoms with E-state index in [4.69, 9.17) is 17.3 Å². The largest absolute Gasteiger partial charge is 0.381 e. The zero-order valence-corrected chi connectivity index (χ0v) is 19.4. The number of hydrogen-bond acceptors (Lipinski definition) is 6. The summed E-state index contributed by atoms with van der Waals surface area (Å²) in [7, 11) is 0. The van der Waals surface area contributed by atoms with Crippen LogP contribution in [0.25, 0.3) is 16.7 Å². The van der Waals surface area contributed by atoms with E-state index in [2.05, 4.69) is 25.5 Å². The van der Waals surface area contributed by atoms with Gasteiger partial charge >= 0.3 is 0 Å². The van der Waals surface area contributed by atoms with Gasteiger partial charge < -0.3 is 16.4 Å². The average molecular weight is 468 g/mol. The van der Waals surface area contributed by atoms with Crippen LogP contribution in [0, 0.1) is 0 Å². The van der Waals surface area contributed by atoms with E-state index in [1.807, 2.05) is 12.1 Å². The summed E-state index contributed by atoms with van der Waals surface area (Å²) in [4.78, 5) is 24.6. The number of hydrogen-bond donors (Lipinski definition) is 3. The Morgan fingerprint density at radius 2 is 1.91 bits per heavy atom. The van der Waals surface area contributed by atoms with Crippen LogP contribution in [0.5, 0.6) is 0 Å².